The molecule has 5 heteroatoms. The Morgan fingerprint density at radius 2 is 1.94 bits per heavy atom. The number of ether oxygens (including phenoxy) is 1. The summed E-state index contributed by atoms with van der Waals surface area (Å²) in [6, 6.07) is 9.11. The Hall–Kier alpha value is -2.03. The third-order valence-corrected chi connectivity index (χ3v) is 2.37. The normalized spacial score (nSPS) is 10.5. The van der Waals surface area contributed by atoms with Gasteiger partial charge in [0.1, 0.15) is 12.1 Å². The molecule has 0 fully saturated rings. The van der Waals surface area contributed by atoms with Crippen LogP contribution in [0.25, 0.3) is 0 Å². The van der Waals surface area contributed by atoms with Crippen LogP contribution in [0.15, 0.2) is 30.3 Å². The van der Waals surface area contributed by atoms with Gasteiger partial charge in [0.25, 0.3) is 0 Å². The smallest absolute Gasteiger partial charge is 0.408 e. The highest BCUT2D eigenvalue weighted by Crippen LogP contribution is 2.04. The summed E-state index contributed by atoms with van der Waals surface area (Å²) < 4.78 is 4.92. The molecule has 1 amide bonds. The Morgan fingerprint density at radius 3 is 2.44 bits per heavy atom. The Bertz CT molecular complexity index is 420. The quantitative estimate of drug-likeness (QED) is 0.654. The number of aliphatic hydroxyl groups is 2. The van der Waals surface area contributed by atoms with Crippen molar-refractivity contribution >= 4 is 6.09 Å². The summed E-state index contributed by atoms with van der Waals surface area (Å²) in [7, 11) is 0. The number of terminal acetylenes is 1. The topological polar surface area (TPSA) is 78.8 Å². The fourth-order valence-corrected chi connectivity index (χ4v) is 1.21. The number of rotatable bonds is 5. The lowest BCUT2D eigenvalue weighted by molar-refractivity contribution is 0.0974. The molecule has 1 aromatic carbocycles. The van der Waals surface area contributed by atoms with Crippen LogP contribution in [0.1, 0.15) is 5.56 Å². The second-order valence-electron chi connectivity index (χ2n) is 3.73. The number of carbonyl (C=O) groups is 1. The fourth-order valence-electron chi connectivity index (χ4n) is 1.21. The maximum absolute atomic E-state index is 11.5. The number of hydrogen-bond donors (Lipinski definition) is 3. The van der Waals surface area contributed by atoms with Crippen LogP contribution in [-0.2, 0) is 11.3 Å². The van der Waals surface area contributed by atoms with Gasteiger partial charge in [0, 0.05) is 0 Å². The Labute approximate surface area is 105 Å². The van der Waals surface area contributed by atoms with Crippen LogP contribution in [0.5, 0.6) is 0 Å². The largest absolute Gasteiger partial charge is 0.445 e. The maximum atomic E-state index is 11.5. The number of benzene rings is 1. The monoisotopic (exact) mass is 249 g/mol. The van der Waals surface area contributed by atoms with E-state index in [-0.39, 0.29) is 6.61 Å². The number of nitrogens with one attached hydrogen (secondary N) is 1. The molecule has 0 aliphatic carbocycles. The van der Waals surface area contributed by atoms with Gasteiger partial charge >= 0.3 is 6.09 Å². The first-order chi connectivity index (χ1) is 8.65. The molecule has 5 nitrogen and oxygen atoms in total. The third kappa shape index (κ3) is 3.77. The van der Waals surface area contributed by atoms with Gasteiger partial charge in [-0.2, -0.15) is 0 Å². The number of aliphatic hydroxyl groups excluding tert-OH is 2. The molecule has 0 aliphatic heterocycles. The van der Waals surface area contributed by atoms with Crippen molar-refractivity contribution in [3.05, 3.63) is 35.9 Å². The summed E-state index contributed by atoms with van der Waals surface area (Å²) in [5.41, 5.74) is -0.666. The highest BCUT2D eigenvalue weighted by atomic mass is 16.5. The predicted octanol–water partition coefficient (Wildman–Crippen LogP) is 0.269. The van der Waals surface area contributed by atoms with Gasteiger partial charge in [0.2, 0.25) is 0 Å². The molecule has 1 aromatic rings. The second kappa shape index (κ2) is 6.64. The van der Waals surface area contributed by atoms with Gasteiger partial charge in [-0.05, 0) is 5.56 Å². The van der Waals surface area contributed by atoms with E-state index < -0.39 is 24.8 Å². The lowest BCUT2D eigenvalue weighted by Crippen LogP contribution is -2.53. The molecule has 0 radical (unpaired) electrons. The molecule has 0 unspecified atom stereocenters. The average Bonchev–Trinajstić information content (AvgIpc) is 2.44. The van der Waals surface area contributed by atoms with Crippen molar-refractivity contribution in [2.45, 2.75) is 12.1 Å². The van der Waals surface area contributed by atoms with Crippen molar-refractivity contribution in [2.75, 3.05) is 13.2 Å². The zero-order chi connectivity index (χ0) is 13.4. The summed E-state index contributed by atoms with van der Waals surface area (Å²) >= 11 is 0. The maximum Gasteiger partial charge on any atom is 0.408 e. The van der Waals surface area contributed by atoms with Gasteiger partial charge in [-0.1, -0.05) is 36.3 Å². The zero-order valence-electron chi connectivity index (χ0n) is 9.80. The van der Waals surface area contributed by atoms with Gasteiger partial charge in [-0.15, -0.1) is 6.42 Å². The Kier molecular flexibility index (Phi) is 5.18. The van der Waals surface area contributed by atoms with E-state index in [0.717, 1.165) is 5.56 Å². The van der Waals surface area contributed by atoms with Crippen LogP contribution >= 0.6 is 0 Å². The first kappa shape index (κ1) is 14.0. The minimum Gasteiger partial charge on any atom is -0.445 e. The highest BCUT2D eigenvalue weighted by molar-refractivity contribution is 5.69. The van der Waals surface area contributed by atoms with E-state index in [4.69, 9.17) is 21.4 Å². The van der Waals surface area contributed by atoms with E-state index in [1.165, 1.54) is 0 Å². The molecule has 0 bridgehead atoms. The summed E-state index contributed by atoms with van der Waals surface area (Å²) in [4.78, 5) is 11.5. The predicted molar refractivity (Wildman–Crippen MR) is 65.5 cm³/mol. The van der Waals surface area contributed by atoms with E-state index in [9.17, 15) is 4.79 Å². The van der Waals surface area contributed by atoms with E-state index in [1.807, 2.05) is 18.2 Å². The summed E-state index contributed by atoms with van der Waals surface area (Å²) in [6.45, 7) is -1.05. The molecule has 0 aliphatic rings. The molecule has 1 rings (SSSR count). The van der Waals surface area contributed by atoms with Gasteiger partial charge in [0.15, 0.2) is 0 Å². The lowest BCUT2D eigenvalue weighted by atomic mass is 10.0. The van der Waals surface area contributed by atoms with Crippen LogP contribution in [-0.4, -0.2) is 35.1 Å². The Morgan fingerprint density at radius 1 is 1.33 bits per heavy atom. The number of carbonyl (C=O) groups excluding carboxylic acids is 1. The van der Waals surface area contributed by atoms with Crippen LogP contribution in [0, 0.1) is 12.3 Å². The molecule has 0 saturated carbocycles. The third-order valence-electron chi connectivity index (χ3n) is 2.37. The molecule has 0 atom stereocenters. The number of alkyl carbamates (subject to hydrolysis) is 1. The molecular formula is C13H15NO4. The molecule has 3 N–H and O–H groups in total. The van der Waals surface area contributed by atoms with Crippen LogP contribution in [0.4, 0.5) is 4.79 Å². The summed E-state index contributed by atoms with van der Waals surface area (Å²) in [6.07, 6.45) is 4.35. The van der Waals surface area contributed by atoms with Gasteiger partial charge in [-0.3, -0.25) is 0 Å². The van der Waals surface area contributed by atoms with Crippen LogP contribution in [0.2, 0.25) is 0 Å². The molecule has 96 valence electrons. The fraction of sp³-hybridized carbons (Fsp3) is 0.308. The van der Waals surface area contributed by atoms with Crippen molar-refractivity contribution < 1.29 is 19.7 Å². The van der Waals surface area contributed by atoms with E-state index in [1.54, 1.807) is 12.1 Å². The SMILES string of the molecule is C#CC(CO)(CO)NC(=O)OCc1ccccc1. The van der Waals surface area contributed by atoms with Crippen molar-refractivity contribution in [2.24, 2.45) is 0 Å². The molecule has 0 saturated heterocycles. The minimum atomic E-state index is -1.49. The first-order valence-corrected chi connectivity index (χ1v) is 5.34. The summed E-state index contributed by atoms with van der Waals surface area (Å²) in [5, 5.41) is 20.3. The Balaban J connectivity index is 2.50. The highest BCUT2D eigenvalue weighted by Gasteiger charge is 2.28. The minimum absolute atomic E-state index is 0.0875. The van der Waals surface area contributed by atoms with Gasteiger partial charge < -0.3 is 20.3 Å². The first-order valence-electron chi connectivity index (χ1n) is 5.34. The van der Waals surface area contributed by atoms with Crippen molar-refractivity contribution in [3.63, 3.8) is 0 Å². The van der Waals surface area contributed by atoms with Crippen LogP contribution in [0.3, 0.4) is 0 Å². The lowest BCUT2D eigenvalue weighted by Gasteiger charge is -2.24. The summed E-state index contributed by atoms with van der Waals surface area (Å²) in [5.74, 6) is 2.13. The zero-order valence-corrected chi connectivity index (χ0v) is 9.80. The van der Waals surface area contributed by atoms with Gasteiger partial charge in [-0.25, -0.2) is 4.79 Å². The van der Waals surface area contributed by atoms with Gasteiger partial charge in [0.05, 0.1) is 13.2 Å². The molecular weight excluding hydrogens is 234 g/mol. The van der Waals surface area contributed by atoms with Crippen molar-refractivity contribution in [1.29, 1.82) is 0 Å². The standard InChI is InChI=1S/C13H15NO4/c1-2-13(9-15,10-16)14-12(17)18-8-11-6-4-3-5-7-11/h1,3-7,15-16H,8-10H2,(H,14,17). The van der Waals surface area contributed by atoms with Crippen LogP contribution < -0.4 is 5.32 Å². The number of hydrogen-bond acceptors (Lipinski definition) is 4. The van der Waals surface area contributed by atoms with E-state index in [2.05, 4.69) is 11.2 Å². The second-order valence-corrected chi connectivity index (χ2v) is 3.73. The van der Waals surface area contributed by atoms with Crippen molar-refractivity contribution in [1.82, 2.24) is 5.32 Å². The van der Waals surface area contributed by atoms with E-state index >= 15 is 0 Å². The molecule has 0 aromatic heterocycles. The van der Waals surface area contributed by atoms with E-state index in [0.29, 0.717) is 0 Å². The van der Waals surface area contributed by atoms with Crippen molar-refractivity contribution in [3.8, 4) is 12.3 Å². The number of amides is 1. The average molecular weight is 249 g/mol. The molecule has 0 spiro atoms. The molecule has 18 heavy (non-hydrogen) atoms. The molecule has 0 heterocycles.